The number of aryl methyl sites for hydroxylation is 1. The third kappa shape index (κ3) is 10.7. The van der Waals surface area contributed by atoms with Crippen molar-refractivity contribution in [2.24, 2.45) is 16.3 Å². The zero-order valence-electron chi connectivity index (χ0n) is 23.8. The van der Waals surface area contributed by atoms with Crippen molar-refractivity contribution in [3.63, 3.8) is 0 Å². The molecule has 13 nitrogen and oxygen atoms in total. The SMILES string of the molecule is CC(C)(C)COC(=O)OCOP(=O)(O)COCC1CCC(C[C@@H]2C=Nc3c(nc(Cl)nc3N[C@H]3CCOC3)CC2)O1. The van der Waals surface area contributed by atoms with Crippen molar-refractivity contribution in [3.8, 4) is 0 Å². The lowest BCUT2D eigenvalue weighted by Gasteiger charge is -2.18. The molecule has 0 radical (unpaired) electrons. The topological polar surface area (TPSA) is 160 Å². The molecule has 2 saturated heterocycles. The van der Waals surface area contributed by atoms with Gasteiger partial charge < -0.3 is 33.9 Å². The van der Waals surface area contributed by atoms with E-state index in [9.17, 15) is 14.3 Å². The van der Waals surface area contributed by atoms with Crippen LogP contribution in [-0.4, -0.2) is 85.0 Å². The van der Waals surface area contributed by atoms with E-state index < -0.39 is 26.9 Å². The molecule has 3 aliphatic heterocycles. The van der Waals surface area contributed by atoms with E-state index in [-0.39, 0.29) is 48.1 Å². The van der Waals surface area contributed by atoms with Gasteiger partial charge in [0.1, 0.15) is 12.0 Å². The van der Waals surface area contributed by atoms with E-state index in [1.165, 1.54) is 0 Å². The molecule has 1 aromatic rings. The molecule has 0 aromatic carbocycles. The number of anilines is 1. The van der Waals surface area contributed by atoms with Crippen LogP contribution < -0.4 is 5.32 Å². The molecule has 4 rings (SSSR count). The minimum Gasteiger partial charge on any atom is -0.434 e. The molecular formula is C26H40ClN4O9P. The van der Waals surface area contributed by atoms with Gasteiger partial charge in [0, 0.05) is 12.8 Å². The molecule has 5 atom stereocenters. The number of hydrogen-bond acceptors (Lipinski definition) is 12. The average Bonchev–Trinajstić information content (AvgIpc) is 3.52. The maximum Gasteiger partial charge on any atom is 0.510 e. The highest BCUT2D eigenvalue weighted by Gasteiger charge is 2.30. The fraction of sp³-hybridized carbons (Fsp3) is 0.769. The molecule has 230 valence electrons. The lowest BCUT2D eigenvalue weighted by molar-refractivity contribution is -0.0228. The Bertz CT molecular complexity index is 1110. The van der Waals surface area contributed by atoms with Crippen molar-refractivity contribution in [2.75, 3.05) is 44.9 Å². The minimum absolute atomic E-state index is 0.0221. The van der Waals surface area contributed by atoms with Gasteiger partial charge in [-0.15, -0.1) is 0 Å². The van der Waals surface area contributed by atoms with Crippen LogP contribution in [0.1, 0.15) is 58.6 Å². The molecule has 0 spiro atoms. The van der Waals surface area contributed by atoms with Crippen molar-refractivity contribution in [2.45, 2.75) is 77.5 Å². The van der Waals surface area contributed by atoms with E-state index in [4.69, 9.17) is 40.1 Å². The number of ether oxygens (including phenoxy) is 5. The number of rotatable bonds is 12. The van der Waals surface area contributed by atoms with Gasteiger partial charge in [-0.25, -0.2) is 9.78 Å². The summed E-state index contributed by atoms with van der Waals surface area (Å²) in [6.07, 6.45) is 5.15. The number of fused-ring (bicyclic) bond motifs is 1. The monoisotopic (exact) mass is 618 g/mol. The maximum absolute atomic E-state index is 12.2. The summed E-state index contributed by atoms with van der Waals surface area (Å²) in [6, 6.07) is 0.173. The van der Waals surface area contributed by atoms with Crippen LogP contribution in [0.15, 0.2) is 4.99 Å². The van der Waals surface area contributed by atoms with Gasteiger partial charge in [-0.3, -0.25) is 14.1 Å². The predicted octanol–water partition coefficient (Wildman–Crippen LogP) is 4.87. The molecule has 41 heavy (non-hydrogen) atoms. The first-order chi connectivity index (χ1) is 19.5. The standard InChI is InChI=1S/C26H40ClN4O9P/c1-26(2,3)14-37-25(32)38-15-39-41(33,34)16-36-13-20-6-5-19(40-20)10-17-4-7-21-22(28-11-17)23(31-24(27)30-21)29-18-8-9-35-12-18/h11,17-20H,4-10,12-16H2,1-3H3,(H,33,34)(H,29,30,31)/t17-,18+,19?,20?/m1/s1. The van der Waals surface area contributed by atoms with E-state index >= 15 is 0 Å². The Kier molecular flexibility index (Phi) is 11.4. The highest BCUT2D eigenvalue weighted by atomic mass is 35.5. The molecule has 0 saturated carbocycles. The summed E-state index contributed by atoms with van der Waals surface area (Å²) >= 11 is 6.20. The fourth-order valence-electron chi connectivity index (χ4n) is 4.70. The van der Waals surface area contributed by atoms with Crippen molar-refractivity contribution < 1.29 is 42.5 Å². The third-order valence-corrected chi connectivity index (χ3v) is 7.93. The summed E-state index contributed by atoms with van der Waals surface area (Å²) in [5, 5.41) is 3.60. The van der Waals surface area contributed by atoms with Gasteiger partial charge in [0.05, 0.1) is 43.8 Å². The third-order valence-electron chi connectivity index (χ3n) is 6.74. The summed E-state index contributed by atoms with van der Waals surface area (Å²) in [7, 11) is -4.11. The zero-order valence-corrected chi connectivity index (χ0v) is 25.4. The Morgan fingerprint density at radius 2 is 2.00 bits per heavy atom. The van der Waals surface area contributed by atoms with E-state index in [0.717, 1.165) is 56.5 Å². The van der Waals surface area contributed by atoms with Crippen LogP contribution in [-0.2, 0) is 39.2 Å². The Balaban J connectivity index is 1.16. The molecular weight excluding hydrogens is 579 g/mol. The van der Waals surface area contributed by atoms with E-state index in [0.29, 0.717) is 12.4 Å². The zero-order chi connectivity index (χ0) is 29.5. The van der Waals surface area contributed by atoms with Gasteiger partial charge in [0.15, 0.2) is 5.82 Å². The van der Waals surface area contributed by atoms with Crippen LogP contribution in [0.3, 0.4) is 0 Å². The number of halogens is 1. The highest BCUT2D eigenvalue weighted by molar-refractivity contribution is 7.52. The van der Waals surface area contributed by atoms with Crippen LogP contribution in [0, 0.1) is 11.3 Å². The lowest BCUT2D eigenvalue weighted by atomic mass is 9.96. The van der Waals surface area contributed by atoms with Crippen LogP contribution in [0.5, 0.6) is 0 Å². The lowest BCUT2D eigenvalue weighted by Crippen LogP contribution is -2.20. The second-order valence-corrected chi connectivity index (χ2v) is 13.9. The largest absolute Gasteiger partial charge is 0.510 e. The van der Waals surface area contributed by atoms with Gasteiger partial charge in [-0.1, -0.05) is 20.8 Å². The van der Waals surface area contributed by atoms with E-state index in [2.05, 4.69) is 20.0 Å². The van der Waals surface area contributed by atoms with Crippen LogP contribution in [0.4, 0.5) is 16.3 Å². The molecule has 0 aliphatic carbocycles. The first-order valence-electron chi connectivity index (χ1n) is 13.9. The van der Waals surface area contributed by atoms with Crippen LogP contribution in [0.2, 0.25) is 5.28 Å². The Morgan fingerprint density at radius 3 is 2.76 bits per heavy atom. The summed E-state index contributed by atoms with van der Waals surface area (Å²) in [4.78, 5) is 35.0. The van der Waals surface area contributed by atoms with E-state index in [1.807, 2.05) is 27.0 Å². The Morgan fingerprint density at radius 1 is 1.20 bits per heavy atom. The van der Waals surface area contributed by atoms with Crippen molar-refractivity contribution in [1.29, 1.82) is 0 Å². The van der Waals surface area contributed by atoms with Crippen LogP contribution >= 0.6 is 19.2 Å². The number of aliphatic imine (C=N–C) groups is 1. The molecule has 3 unspecified atom stereocenters. The quantitative estimate of drug-likeness (QED) is 0.142. The first kappa shape index (κ1) is 32.1. The number of nitrogens with zero attached hydrogens (tertiary/aromatic N) is 3. The maximum atomic E-state index is 12.2. The first-order valence-corrected chi connectivity index (χ1v) is 16.0. The Hall–Kier alpha value is -1.86. The second kappa shape index (κ2) is 14.5. The van der Waals surface area contributed by atoms with E-state index in [1.54, 1.807) is 0 Å². The smallest absolute Gasteiger partial charge is 0.434 e. The minimum atomic E-state index is -4.11. The average molecular weight is 619 g/mol. The molecule has 15 heteroatoms. The van der Waals surface area contributed by atoms with Gasteiger partial charge in [-0.2, -0.15) is 4.98 Å². The number of hydrogen-bond donors (Lipinski definition) is 2. The molecule has 3 aliphatic rings. The summed E-state index contributed by atoms with van der Waals surface area (Å²) < 4.78 is 43.5. The summed E-state index contributed by atoms with van der Waals surface area (Å²) in [5.41, 5.74) is 1.32. The number of carbonyl (C=O) groups excluding carboxylic acids is 1. The molecule has 1 aromatic heterocycles. The van der Waals surface area contributed by atoms with Gasteiger partial charge >= 0.3 is 13.8 Å². The predicted molar refractivity (Wildman–Crippen MR) is 151 cm³/mol. The van der Waals surface area contributed by atoms with Crippen molar-refractivity contribution in [3.05, 3.63) is 11.0 Å². The Labute approximate surface area is 245 Å². The fourth-order valence-corrected chi connectivity index (χ4v) is 5.52. The molecule has 0 bridgehead atoms. The molecule has 0 amide bonds. The number of carbonyl (C=O) groups is 1. The van der Waals surface area contributed by atoms with Crippen molar-refractivity contribution in [1.82, 2.24) is 9.97 Å². The molecule has 2 fully saturated rings. The van der Waals surface area contributed by atoms with Crippen molar-refractivity contribution >= 4 is 43.1 Å². The van der Waals surface area contributed by atoms with Gasteiger partial charge in [0.25, 0.3) is 0 Å². The second-order valence-electron chi connectivity index (χ2n) is 11.7. The highest BCUT2D eigenvalue weighted by Crippen LogP contribution is 2.42. The van der Waals surface area contributed by atoms with Crippen LogP contribution in [0.25, 0.3) is 0 Å². The normalized spacial score (nSPS) is 25.8. The summed E-state index contributed by atoms with van der Waals surface area (Å²) in [5.74, 6) is 0.829. The number of nitrogens with one attached hydrogen (secondary N) is 1. The molecule has 4 heterocycles. The number of aromatic nitrogens is 2. The van der Waals surface area contributed by atoms with Gasteiger partial charge in [0.2, 0.25) is 12.1 Å². The summed E-state index contributed by atoms with van der Waals surface area (Å²) in [6.45, 7) is 6.61. The molecule has 2 N–H and O–H groups in total. The van der Waals surface area contributed by atoms with Gasteiger partial charge in [-0.05, 0) is 61.5 Å².